The van der Waals surface area contributed by atoms with Crippen LogP contribution in [0.25, 0.3) is 10.9 Å². The summed E-state index contributed by atoms with van der Waals surface area (Å²) in [5, 5.41) is 4.05. The summed E-state index contributed by atoms with van der Waals surface area (Å²) in [5.74, 6) is 1.60. The van der Waals surface area contributed by atoms with Crippen molar-refractivity contribution in [3.63, 3.8) is 0 Å². The smallest absolute Gasteiger partial charge is 0.319 e. The maximum absolute atomic E-state index is 10.5. The summed E-state index contributed by atoms with van der Waals surface area (Å²) in [6, 6.07) is 7.55. The molecule has 0 fully saturated rings. The van der Waals surface area contributed by atoms with E-state index in [0.29, 0.717) is 36.4 Å². The van der Waals surface area contributed by atoms with Crippen molar-refractivity contribution >= 4 is 30.8 Å². The van der Waals surface area contributed by atoms with Crippen molar-refractivity contribution in [1.82, 2.24) is 10.3 Å². The zero-order valence-corrected chi connectivity index (χ0v) is 15.1. The highest BCUT2D eigenvalue weighted by atomic mass is 33.1. The molecule has 0 aliphatic rings. The van der Waals surface area contributed by atoms with Crippen molar-refractivity contribution < 1.29 is 22.4 Å². The molecule has 9 heteroatoms. The fraction of sp³-hybridized carbons (Fsp3) is 0.400. The van der Waals surface area contributed by atoms with Gasteiger partial charge >= 0.3 is 9.15 Å². The van der Waals surface area contributed by atoms with Gasteiger partial charge in [-0.15, -0.1) is 0 Å². The number of fused-ring (bicyclic) bond motifs is 1. The Morgan fingerprint density at radius 2 is 2.08 bits per heavy atom. The molecule has 24 heavy (non-hydrogen) atoms. The monoisotopic (exact) mass is 372 g/mol. The summed E-state index contributed by atoms with van der Waals surface area (Å²) in [6.45, 7) is 3.40. The Kier molecular flexibility index (Phi) is 6.67. The number of ether oxygens (including phenoxy) is 2. The molecule has 132 valence electrons. The Morgan fingerprint density at radius 3 is 2.79 bits per heavy atom. The van der Waals surface area contributed by atoms with Crippen LogP contribution in [0.3, 0.4) is 0 Å². The second-order valence-electron chi connectivity index (χ2n) is 5.01. The predicted octanol–water partition coefficient (Wildman–Crippen LogP) is 2.06. The van der Waals surface area contributed by atoms with Crippen molar-refractivity contribution in [1.29, 1.82) is 0 Å². The maximum Gasteiger partial charge on any atom is 0.319 e. The van der Waals surface area contributed by atoms with Gasteiger partial charge in [-0.05, 0) is 41.5 Å². The van der Waals surface area contributed by atoms with E-state index in [0.717, 1.165) is 22.2 Å². The summed E-state index contributed by atoms with van der Waals surface area (Å²) < 4.78 is 40.5. The molecule has 0 aliphatic carbocycles. The minimum absolute atomic E-state index is 0.272. The van der Waals surface area contributed by atoms with Gasteiger partial charge in [0.15, 0.2) is 0 Å². The number of aromatic nitrogens is 1. The predicted molar refractivity (Wildman–Crippen MR) is 95.4 cm³/mol. The number of hydrogen-bond acceptors (Lipinski definition) is 7. The summed E-state index contributed by atoms with van der Waals surface area (Å²) in [5.41, 5.74) is 1.88. The lowest BCUT2D eigenvalue weighted by Gasteiger charge is -2.10. The van der Waals surface area contributed by atoms with Crippen LogP contribution in [0.4, 0.5) is 0 Å². The van der Waals surface area contributed by atoms with E-state index in [4.69, 9.17) is 14.0 Å². The number of nitrogens with one attached hydrogen (secondary N) is 1. The lowest BCUT2D eigenvalue weighted by molar-refractivity contribution is 0.305. The van der Waals surface area contributed by atoms with Crippen LogP contribution in [0.15, 0.2) is 24.3 Å². The number of hydrogen-bond donors (Lipinski definition) is 2. The zero-order chi connectivity index (χ0) is 17.6. The van der Waals surface area contributed by atoms with E-state index in [1.807, 2.05) is 31.2 Å². The van der Waals surface area contributed by atoms with Crippen LogP contribution in [0.5, 0.6) is 11.6 Å². The number of methoxy groups -OCH3 is 1. The van der Waals surface area contributed by atoms with Crippen LogP contribution >= 0.6 is 10.8 Å². The molecule has 0 radical (unpaired) electrons. The lowest BCUT2D eigenvalue weighted by Crippen LogP contribution is -2.23. The average molecular weight is 372 g/mol. The van der Waals surface area contributed by atoms with Crippen LogP contribution in [0.2, 0.25) is 0 Å². The van der Waals surface area contributed by atoms with Crippen LogP contribution in [0.1, 0.15) is 5.56 Å². The molecule has 0 amide bonds. The van der Waals surface area contributed by atoms with Crippen LogP contribution in [0, 0.1) is 6.92 Å². The van der Waals surface area contributed by atoms with Crippen LogP contribution < -0.4 is 14.8 Å². The highest BCUT2D eigenvalue weighted by Crippen LogP contribution is 2.25. The number of benzene rings is 1. The molecule has 0 bridgehead atoms. The average Bonchev–Trinajstić information content (AvgIpc) is 2.52. The maximum atomic E-state index is 10.5. The standard InChI is InChI=1S/C15H20N2O5S2/c1-11-9-15(17-14-4-3-12(21-2)10-13(11)14)22-7-5-16-6-8-23-24(18,19)20/h3-4,9-10,16H,5-8H2,1-2H3,(H,18,19,20). The van der Waals surface area contributed by atoms with Crippen LogP contribution in [-0.2, 0) is 9.15 Å². The Labute approximate surface area is 144 Å². The zero-order valence-electron chi connectivity index (χ0n) is 13.5. The first-order valence-corrected chi connectivity index (χ1v) is 10.2. The summed E-state index contributed by atoms with van der Waals surface area (Å²) in [7, 11) is -1.84. The van der Waals surface area contributed by atoms with Gasteiger partial charge in [0.25, 0.3) is 0 Å². The fourth-order valence-electron chi connectivity index (χ4n) is 2.12. The van der Waals surface area contributed by atoms with Crippen molar-refractivity contribution in [3.05, 3.63) is 29.8 Å². The van der Waals surface area contributed by atoms with Crippen molar-refractivity contribution in [3.8, 4) is 11.6 Å². The van der Waals surface area contributed by atoms with E-state index in [1.165, 1.54) is 0 Å². The summed E-state index contributed by atoms with van der Waals surface area (Å²) >= 11 is 0. The van der Waals surface area contributed by atoms with Crippen molar-refractivity contribution in [2.75, 3.05) is 32.6 Å². The quantitative estimate of drug-likeness (QED) is 0.392. The third-order valence-electron chi connectivity index (χ3n) is 3.24. The van der Waals surface area contributed by atoms with E-state index < -0.39 is 9.15 Å². The summed E-state index contributed by atoms with van der Waals surface area (Å²) in [6.07, 6.45) is 0. The van der Waals surface area contributed by atoms with Gasteiger partial charge < -0.3 is 14.8 Å². The van der Waals surface area contributed by atoms with E-state index in [2.05, 4.69) is 10.3 Å². The first-order chi connectivity index (χ1) is 11.4. The van der Waals surface area contributed by atoms with Gasteiger partial charge in [0.2, 0.25) is 5.88 Å². The summed E-state index contributed by atoms with van der Waals surface area (Å²) in [4.78, 5) is 4.46. The van der Waals surface area contributed by atoms with E-state index in [9.17, 15) is 8.42 Å². The van der Waals surface area contributed by atoms with Gasteiger partial charge in [0.1, 0.15) is 12.4 Å². The minimum Gasteiger partial charge on any atom is -0.497 e. The molecular formula is C15H20N2O5S2. The largest absolute Gasteiger partial charge is 0.497 e. The fourth-order valence-corrected chi connectivity index (χ4v) is 3.44. The van der Waals surface area contributed by atoms with Gasteiger partial charge in [-0.1, -0.05) is 0 Å². The molecule has 0 aliphatic heterocycles. The normalized spacial score (nSPS) is 11.6. The van der Waals surface area contributed by atoms with Crippen LogP contribution in [-0.4, -0.2) is 50.5 Å². The lowest BCUT2D eigenvalue weighted by atomic mass is 10.1. The van der Waals surface area contributed by atoms with E-state index >= 15 is 0 Å². The Hall–Kier alpha value is -1.55. The molecule has 0 saturated carbocycles. The molecule has 1 heterocycles. The van der Waals surface area contributed by atoms with Crippen molar-refractivity contribution in [2.45, 2.75) is 6.92 Å². The molecule has 2 aromatic rings. The first kappa shape index (κ1) is 18.8. The first-order valence-electron chi connectivity index (χ1n) is 7.30. The minimum atomic E-state index is -3.96. The number of aryl methyl sites for hydroxylation is 1. The molecule has 1 aromatic carbocycles. The molecular weight excluding hydrogens is 352 g/mol. The molecule has 0 unspecified atom stereocenters. The molecule has 2 N–H and O–H groups in total. The third kappa shape index (κ3) is 5.82. The Bertz CT molecular complexity index is 796. The highest BCUT2D eigenvalue weighted by molar-refractivity contribution is 8.69. The topological polar surface area (TPSA) is 97.8 Å². The Balaban J connectivity index is 1.83. The highest BCUT2D eigenvalue weighted by Gasteiger charge is 2.06. The third-order valence-corrected chi connectivity index (χ3v) is 5.30. The van der Waals surface area contributed by atoms with Crippen molar-refractivity contribution in [2.24, 2.45) is 0 Å². The Morgan fingerprint density at radius 1 is 1.29 bits per heavy atom. The number of nitrogens with zero attached hydrogens (tertiary/aromatic N) is 1. The van der Waals surface area contributed by atoms with E-state index in [-0.39, 0.29) is 5.75 Å². The molecule has 0 saturated heterocycles. The van der Waals surface area contributed by atoms with E-state index in [1.54, 1.807) is 7.11 Å². The van der Waals surface area contributed by atoms with Gasteiger partial charge in [-0.3, -0.25) is 4.55 Å². The molecule has 0 spiro atoms. The molecule has 2 rings (SSSR count). The van der Waals surface area contributed by atoms with Gasteiger partial charge in [-0.2, -0.15) is 8.42 Å². The second-order valence-corrected chi connectivity index (χ2v) is 8.48. The second kappa shape index (κ2) is 8.52. The molecule has 1 aromatic heterocycles. The SMILES string of the molecule is COc1ccc2nc(OCCNCCSS(=O)(=O)O)cc(C)c2c1. The van der Waals surface area contributed by atoms with Gasteiger partial charge in [0.05, 0.1) is 12.6 Å². The number of pyridine rings is 1. The van der Waals surface area contributed by atoms with Gasteiger partial charge in [-0.25, -0.2) is 4.98 Å². The number of rotatable bonds is 9. The van der Waals surface area contributed by atoms with Gasteiger partial charge in [0, 0.05) is 30.3 Å². The molecule has 0 atom stereocenters. The molecule has 7 nitrogen and oxygen atoms in total.